The molecule has 130 valence electrons. The number of aromatic amines is 1. The van der Waals surface area contributed by atoms with Gasteiger partial charge in [-0.2, -0.15) is 5.10 Å². The van der Waals surface area contributed by atoms with E-state index in [0.717, 1.165) is 39.4 Å². The summed E-state index contributed by atoms with van der Waals surface area (Å²) in [7, 11) is 0. The Morgan fingerprint density at radius 2 is 1.56 bits per heavy atom. The Labute approximate surface area is 157 Å². The maximum Gasteiger partial charge on any atom is 0.142 e. The largest absolute Gasteiger partial charge is 0.338 e. The van der Waals surface area contributed by atoms with E-state index in [1.54, 1.807) is 0 Å². The van der Waals surface area contributed by atoms with E-state index in [9.17, 15) is 0 Å². The number of nitrogens with zero attached hydrogens (tertiary/aromatic N) is 3. The van der Waals surface area contributed by atoms with Crippen LogP contribution in [0.2, 0.25) is 0 Å². The second kappa shape index (κ2) is 6.25. The molecule has 3 aromatic carbocycles. The zero-order valence-electron chi connectivity index (χ0n) is 14.9. The number of hydrogen-bond acceptors (Lipinski definition) is 2. The van der Waals surface area contributed by atoms with Gasteiger partial charge in [0.2, 0.25) is 0 Å². The average molecular weight is 350 g/mol. The van der Waals surface area contributed by atoms with Crippen LogP contribution in [0.3, 0.4) is 0 Å². The molecule has 0 radical (unpaired) electrons. The van der Waals surface area contributed by atoms with Crippen molar-refractivity contribution >= 4 is 11.0 Å². The van der Waals surface area contributed by atoms with Gasteiger partial charge in [-0.05, 0) is 31.2 Å². The number of benzene rings is 3. The molecule has 0 aliphatic carbocycles. The molecule has 4 nitrogen and oxygen atoms in total. The standard InChI is InChI=1S/C23H18N4/c1-16-11-13-18(14-12-16)27-15-19(22(26-27)17-7-3-2-4-8-17)23-24-20-9-5-6-10-21(20)25-23/h2-15H,1H3,(H,24,25). The molecule has 0 bridgehead atoms. The Balaban J connectivity index is 1.71. The number of para-hydroxylation sites is 2. The van der Waals surface area contributed by atoms with Gasteiger partial charge in [0.15, 0.2) is 0 Å². The average Bonchev–Trinajstić information content (AvgIpc) is 3.33. The molecule has 0 spiro atoms. The number of imidazole rings is 1. The molecule has 4 heteroatoms. The van der Waals surface area contributed by atoms with E-state index >= 15 is 0 Å². The molecule has 0 amide bonds. The molecule has 5 aromatic rings. The highest BCUT2D eigenvalue weighted by Crippen LogP contribution is 2.31. The van der Waals surface area contributed by atoms with Gasteiger partial charge < -0.3 is 4.98 Å². The monoisotopic (exact) mass is 350 g/mol. The molecule has 2 heterocycles. The van der Waals surface area contributed by atoms with E-state index < -0.39 is 0 Å². The van der Waals surface area contributed by atoms with Gasteiger partial charge in [-0.25, -0.2) is 9.67 Å². The van der Waals surface area contributed by atoms with Crippen molar-refractivity contribution in [2.45, 2.75) is 6.92 Å². The first-order valence-corrected chi connectivity index (χ1v) is 8.95. The molecule has 0 saturated carbocycles. The van der Waals surface area contributed by atoms with Crippen LogP contribution in [0.15, 0.2) is 85.1 Å². The molecule has 0 aliphatic rings. The van der Waals surface area contributed by atoms with Crippen LogP contribution in [-0.4, -0.2) is 19.7 Å². The van der Waals surface area contributed by atoms with Gasteiger partial charge in [0, 0.05) is 11.8 Å². The highest BCUT2D eigenvalue weighted by Gasteiger charge is 2.17. The number of aromatic nitrogens is 4. The fraction of sp³-hybridized carbons (Fsp3) is 0.0435. The van der Waals surface area contributed by atoms with E-state index in [1.807, 2.05) is 53.3 Å². The molecular formula is C23H18N4. The first-order valence-electron chi connectivity index (χ1n) is 8.95. The van der Waals surface area contributed by atoms with Crippen LogP contribution >= 0.6 is 0 Å². The number of rotatable bonds is 3. The van der Waals surface area contributed by atoms with Crippen molar-refractivity contribution in [2.24, 2.45) is 0 Å². The van der Waals surface area contributed by atoms with Crippen molar-refractivity contribution in [1.29, 1.82) is 0 Å². The first kappa shape index (κ1) is 15.6. The molecule has 0 atom stereocenters. The Kier molecular flexibility index (Phi) is 3.61. The summed E-state index contributed by atoms with van der Waals surface area (Å²) >= 11 is 0. The lowest BCUT2D eigenvalue weighted by Gasteiger charge is -2.01. The predicted octanol–water partition coefficient (Wildman–Crippen LogP) is 5.39. The minimum absolute atomic E-state index is 0.827. The number of fused-ring (bicyclic) bond motifs is 1. The summed E-state index contributed by atoms with van der Waals surface area (Å²) in [4.78, 5) is 8.21. The van der Waals surface area contributed by atoms with Gasteiger partial charge in [0.1, 0.15) is 11.5 Å². The smallest absolute Gasteiger partial charge is 0.142 e. The summed E-state index contributed by atoms with van der Waals surface area (Å²) in [5.74, 6) is 0.827. The molecular weight excluding hydrogens is 332 g/mol. The van der Waals surface area contributed by atoms with Crippen LogP contribution in [-0.2, 0) is 0 Å². The van der Waals surface area contributed by atoms with Crippen LogP contribution in [0.4, 0.5) is 0 Å². The van der Waals surface area contributed by atoms with Gasteiger partial charge in [-0.3, -0.25) is 0 Å². The van der Waals surface area contributed by atoms with E-state index in [1.165, 1.54) is 5.56 Å². The topological polar surface area (TPSA) is 46.5 Å². The van der Waals surface area contributed by atoms with Crippen molar-refractivity contribution in [3.8, 4) is 28.3 Å². The maximum atomic E-state index is 4.88. The molecule has 0 aliphatic heterocycles. The fourth-order valence-electron chi connectivity index (χ4n) is 3.27. The number of aryl methyl sites for hydroxylation is 1. The fourth-order valence-corrected chi connectivity index (χ4v) is 3.27. The third-order valence-electron chi connectivity index (χ3n) is 4.70. The van der Waals surface area contributed by atoms with Crippen molar-refractivity contribution in [3.63, 3.8) is 0 Å². The Morgan fingerprint density at radius 1 is 0.815 bits per heavy atom. The number of nitrogens with one attached hydrogen (secondary N) is 1. The van der Waals surface area contributed by atoms with Gasteiger partial charge in [-0.1, -0.05) is 60.2 Å². The third-order valence-corrected chi connectivity index (χ3v) is 4.70. The van der Waals surface area contributed by atoms with Crippen molar-refractivity contribution < 1.29 is 0 Å². The summed E-state index contributed by atoms with van der Waals surface area (Å²) in [5.41, 5.74) is 7.20. The summed E-state index contributed by atoms with van der Waals surface area (Å²) in [6, 6.07) is 26.7. The quantitative estimate of drug-likeness (QED) is 0.474. The van der Waals surface area contributed by atoms with Crippen LogP contribution in [0, 0.1) is 6.92 Å². The van der Waals surface area contributed by atoms with Gasteiger partial charge in [-0.15, -0.1) is 0 Å². The zero-order chi connectivity index (χ0) is 18.2. The lowest BCUT2D eigenvalue weighted by molar-refractivity contribution is 0.884. The van der Waals surface area contributed by atoms with Crippen molar-refractivity contribution in [3.05, 3.63) is 90.6 Å². The third kappa shape index (κ3) is 2.81. The Morgan fingerprint density at radius 3 is 2.33 bits per heavy atom. The van der Waals surface area contributed by atoms with Crippen LogP contribution in [0.25, 0.3) is 39.4 Å². The van der Waals surface area contributed by atoms with E-state index in [0.29, 0.717) is 0 Å². The van der Waals surface area contributed by atoms with Gasteiger partial charge in [0.25, 0.3) is 0 Å². The second-order valence-corrected chi connectivity index (χ2v) is 6.64. The Hall–Kier alpha value is -3.66. The van der Waals surface area contributed by atoms with E-state index in [4.69, 9.17) is 10.1 Å². The highest BCUT2D eigenvalue weighted by molar-refractivity contribution is 5.84. The van der Waals surface area contributed by atoms with Crippen molar-refractivity contribution in [1.82, 2.24) is 19.7 Å². The lowest BCUT2D eigenvalue weighted by atomic mass is 10.1. The van der Waals surface area contributed by atoms with E-state index in [2.05, 4.69) is 48.3 Å². The zero-order valence-corrected chi connectivity index (χ0v) is 14.9. The Bertz CT molecular complexity index is 1180. The van der Waals surface area contributed by atoms with Crippen LogP contribution in [0.1, 0.15) is 5.56 Å². The number of hydrogen-bond donors (Lipinski definition) is 1. The summed E-state index contributed by atoms with van der Waals surface area (Å²) in [5, 5.41) is 4.88. The molecule has 0 fully saturated rings. The normalized spacial score (nSPS) is 11.1. The van der Waals surface area contributed by atoms with Crippen LogP contribution < -0.4 is 0 Å². The lowest BCUT2D eigenvalue weighted by Crippen LogP contribution is -1.94. The predicted molar refractivity (Wildman–Crippen MR) is 109 cm³/mol. The molecule has 27 heavy (non-hydrogen) atoms. The molecule has 0 saturated heterocycles. The molecule has 5 rings (SSSR count). The summed E-state index contributed by atoms with van der Waals surface area (Å²) in [6.45, 7) is 2.09. The van der Waals surface area contributed by atoms with Crippen molar-refractivity contribution in [2.75, 3.05) is 0 Å². The SMILES string of the molecule is Cc1ccc(-n2cc(-c3nc4ccccc4[nH]3)c(-c3ccccc3)n2)cc1. The molecule has 2 aromatic heterocycles. The van der Waals surface area contributed by atoms with Crippen LogP contribution in [0.5, 0.6) is 0 Å². The minimum atomic E-state index is 0.827. The minimum Gasteiger partial charge on any atom is -0.338 e. The van der Waals surface area contributed by atoms with Gasteiger partial charge >= 0.3 is 0 Å². The maximum absolute atomic E-state index is 4.88. The second-order valence-electron chi connectivity index (χ2n) is 6.64. The summed E-state index contributed by atoms with van der Waals surface area (Å²) < 4.78 is 1.92. The first-order chi connectivity index (χ1) is 13.3. The molecule has 1 N–H and O–H groups in total. The summed E-state index contributed by atoms with van der Waals surface area (Å²) in [6.07, 6.45) is 2.05. The highest BCUT2D eigenvalue weighted by atomic mass is 15.3. The van der Waals surface area contributed by atoms with Gasteiger partial charge in [0.05, 0.1) is 22.3 Å². The molecule has 0 unspecified atom stereocenters. The van der Waals surface area contributed by atoms with E-state index in [-0.39, 0.29) is 0 Å². The number of H-pyrrole nitrogens is 1.